The zero-order chi connectivity index (χ0) is 12.3. The Labute approximate surface area is 105 Å². The average Bonchev–Trinajstić information content (AvgIpc) is 2.92. The molecule has 0 heteroatoms. The first kappa shape index (κ1) is 11.1. The minimum Gasteiger partial charge on any atom is -0.0998 e. The van der Waals surface area contributed by atoms with Gasteiger partial charge >= 0.3 is 0 Å². The van der Waals surface area contributed by atoms with Crippen LogP contribution in [0.15, 0.2) is 36.4 Å². The van der Waals surface area contributed by atoms with E-state index < -0.39 is 0 Å². The van der Waals surface area contributed by atoms with E-state index in [1.165, 1.54) is 30.4 Å². The van der Waals surface area contributed by atoms with Gasteiger partial charge in [-0.1, -0.05) is 57.2 Å². The minimum atomic E-state index is 0.268. The van der Waals surface area contributed by atoms with E-state index in [2.05, 4.69) is 51.6 Å². The number of hydrogen-bond donors (Lipinski definition) is 0. The van der Waals surface area contributed by atoms with E-state index in [0.717, 1.165) is 5.92 Å². The van der Waals surface area contributed by atoms with Crippen molar-refractivity contribution in [3.63, 3.8) is 0 Å². The van der Waals surface area contributed by atoms with Gasteiger partial charge in [-0.2, -0.15) is 0 Å². The largest absolute Gasteiger partial charge is 0.0998 e. The number of hydrogen-bond acceptors (Lipinski definition) is 0. The molecule has 0 aliphatic heterocycles. The average molecular weight is 226 g/mol. The molecule has 2 fully saturated rings. The summed E-state index contributed by atoms with van der Waals surface area (Å²) in [6.07, 6.45) is 3.94. The molecule has 0 radical (unpaired) electrons. The Hall–Kier alpha value is -1.04. The normalized spacial score (nSPS) is 25.8. The third kappa shape index (κ3) is 1.74. The van der Waals surface area contributed by atoms with Crippen LogP contribution in [0.25, 0.3) is 0 Å². The third-order valence-electron chi connectivity index (χ3n) is 4.57. The van der Waals surface area contributed by atoms with Crippen molar-refractivity contribution < 1.29 is 0 Å². The van der Waals surface area contributed by atoms with Gasteiger partial charge < -0.3 is 0 Å². The van der Waals surface area contributed by atoms with Crippen molar-refractivity contribution in [2.75, 3.05) is 0 Å². The molecular weight excluding hydrogens is 204 g/mol. The van der Waals surface area contributed by atoms with Crippen LogP contribution in [0.5, 0.6) is 0 Å². The zero-order valence-corrected chi connectivity index (χ0v) is 11.2. The summed E-state index contributed by atoms with van der Waals surface area (Å²) in [7, 11) is 0. The topological polar surface area (TPSA) is 0 Å². The highest BCUT2D eigenvalue weighted by Gasteiger charge is 2.59. The molecule has 0 aromatic heterocycles. The van der Waals surface area contributed by atoms with Crippen molar-refractivity contribution in [2.24, 2.45) is 5.41 Å². The summed E-state index contributed by atoms with van der Waals surface area (Å²) in [4.78, 5) is 0. The fourth-order valence-electron chi connectivity index (χ4n) is 3.37. The highest BCUT2D eigenvalue weighted by Crippen LogP contribution is 2.71. The van der Waals surface area contributed by atoms with Gasteiger partial charge in [-0.3, -0.25) is 0 Å². The molecule has 0 N–H and O–H groups in total. The molecule has 1 atom stereocenters. The van der Waals surface area contributed by atoms with Crippen LogP contribution in [0.3, 0.4) is 0 Å². The van der Waals surface area contributed by atoms with E-state index in [4.69, 9.17) is 0 Å². The lowest BCUT2D eigenvalue weighted by Gasteiger charge is -2.30. The minimum absolute atomic E-state index is 0.268. The van der Waals surface area contributed by atoms with E-state index >= 15 is 0 Å². The van der Waals surface area contributed by atoms with Crippen molar-refractivity contribution in [1.29, 1.82) is 0 Å². The second kappa shape index (κ2) is 3.25. The maximum atomic E-state index is 4.07. The fourth-order valence-corrected chi connectivity index (χ4v) is 3.37. The van der Waals surface area contributed by atoms with Crippen LogP contribution >= 0.6 is 0 Å². The molecule has 1 unspecified atom stereocenters. The molecule has 2 aliphatic carbocycles. The summed E-state index contributed by atoms with van der Waals surface area (Å²) in [6.45, 7) is 10.9. The molecular formula is C17H22. The summed E-state index contributed by atoms with van der Waals surface area (Å²) < 4.78 is 0. The van der Waals surface area contributed by atoms with Crippen LogP contribution in [0.2, 0.25) is 0 Å². The number of benzene rings is 1. The molecule has 1 aromatic carbocycles. The Balaban J connectivity index is 1.77. The van der Waals surface area contributed by atoms with Crippen LogP contribution in [-0.4, -0.2) is 0 Å². The highest BCUT2D eigenvalue weighted by atomic mass is 14.6. The molecule has 0 saturated heterocycles. The first-order chi connectivity index (χ1) is 7.91. The van der Waals surface area contributed by atoms with E-state index in [1.807, 2.05) is 0 Å². The summed E-state index contributed by atoms with van der Waals surface area (Å²) >= 11 is 0. The fraction of sp³-hybridized carbons (Fsp3) is 0.529. The Bertz CT molecular complexity index is 448. The second-order valence-corrected chi connectivity index (χ2v) is 7.09. The first-order valence-corrected chi connectivity index (χ1v) is 6.68. The third-order valence-corrected chi connectivity index (χ3v) is 4.57. The second-order valence-electron chi connectivity index (χ2n) is 7.09. The van der Waals surface area contributed by atoms with Gasteiger partial charge in [0.25, 0.3) is 0 Å². The monoisotopic (exact) mass is 226 g/mol. The molecule has 17 heavy (non-hydrogen) atoms. The van der Waals surface area contributed by atoms with Gasteiger partial charge in [0.2, 0.25) is 0 Å². The molecule has 2 saturated carbocycles. The van der Waals surface area contributed by atoms with Crippen LogP contribution in [0.4, 0.5) is 0 Å². The molecule has 90 valence electrons. The quantitative estimate of drug-likeness (QED) is 0.603. The van der Waals surface area contributed by atoms with Crippen LogP contribution < -0.4 is 0 Å². The van der Waals surface area contributed by atoms with Gasteiger partial charge in [-0.05, 0) is 47.1 Å². The molecule has 0 heterocycles. The van der Waals surface area contributed by atoms with E-state index in [1.54, 1.807) is 5.56 Å². The summed E-state index contributed by atoms with van der Waals surface area (Å²) in [5, 5.41) is 0. The maximum Gasteiger partial charge on any atom is -0.00933 e. The summed E-state index contributed by atoms with van der Waals surface area (Å²) in [5.41, 5.74) is 5.35. The van der Waals surface area contributed by atoms with Gasteiger partial charge in [0.1, 0.15) is 0 Å². The van der Waals surface area contributed by atoms with E-state index in [9.17, 15) is 0 Å². The van der Waals surface area contributed by atoms with Crippen molar-refractivity contribution in [1.82, 2.24) is 0 Å². The Morgan fingerprint density at radius 2 is 1.71 bits per heavy atom. The van der Waals surface area contributed by atoms with Crippen LogP contribution in [0.1, 0.15) is 57.1 Å². The Kier molecular flexibility index (Phi) is 2.12. The number of allylic oxidation sites excluding steroid dienone is 1. The van der Waals surface area contributed by atoms with Gasteiger partial charge in [0.15, 0.2) is 0 Å². The molecule has 1 spiro atoms. The molecule has 1 aromatic rings. The van der Waals surface area contributed by atoms with E-state index in [-0.39, 0.29) is 5.41 Å². The lowest BCUT2D eigenvalue weighted by Crippen LogP contribution is -2.17. The van der Waals surface area contributed by atoms with Crippen molar-refractivity contribution >= 4 is 0 Å². The van der Waals surface area contributed by atoms with Gasteiger partial charge in [-0.15, -0.1) is 0 Å². The van der Waals surface area contributed by atoms with Gasteiger partial charge in [0.05, 0.1) is 0 Å². The lowest BCUT2D eigenvalue weighted by atomic mass is 9.75. The highest BCUT2D eigenvalue weighted by molar-refractivity contribution is 5.39. The predicted octanol–water partition coefficient (Wildman–Crippen LogP) is 4.81. The summed E-state index contributed by atoms with van der Waals surface area (Å²) in [5.74, 6) is 0.821. The predicted molar refractivity (Wildman–Crippen MR) is 73.3 cm³/mol. The van der Waals surface area contributed by atoms with E-state index in [0.29, 0.717) is 5.41 Å². The molecule has 0 amide bonds. The molecule has 3 rings (SSSR count). The summed E-state index contributed by atoms with van der Waals surface area (Å²) in [6, 6.07) is 9.33. The Morgan fingerprint density at radius 1 is 1.12 bits per heavy atom. The van der Waals surface area contributed by atoms with Crippen molar-refractivity contribution in [3.05, 3.63) is 47.5 Å². The van der Waals surface area contributed by atoms with Crippen LogP contribution in [0, 0.1) is 5.41 Å². The smallest absolute Gasteiger partial charge is 0.00933 e. The lowest BCUT2D eigenvalue weighted by molar-refractivity contribution is 0.380. The standard InChI is InChI=1S/C17H22/c1-12-9-17(10-12)11-15(17)13-5-7-14(8-6-13)16(2,3)4/h5-8,15H,1,9-11H2,2-4H3. The zero-order valence-electron chi connectivity index (χ0n) is 11.2. The first-order valence-electron chi connectivity index (χ1n) is 6.68. The maximum absolute atomic E-state index is 4.07. The van der Waals surface area contributed by atoms with Gasteiger partial charge in [-0.25, -0.2) is 0 Å². The van der Waals surface area contributed by atoms with Crippen molar-refractivity contribution in [3.8, 4) is 0 Å². The molecule has 2 aliphatic rings. The van der Waals surface area contributed by atoms with Crippen molar-refractivity contribution in [2.45, 2.75) is 51.4 Å². The Morgan fingerprint density at radius 3 is 2.18 bits per heavy atom. The van der Waals surface area contributed by atoms with Gasteiger partial charge in [0, 0.05) is 0 Å². The number of rotatable bonds is 1. The molecule has 0 bridgehead atoms. The molecule has 0 nitrogen and oxygen atoms in total. The SMILES string of the molecule is C=C1CC2(C1)CC2c1ccc(C(C)(C)C)cc1. The van der Waals surface area contributed by atoms with Crippen LogP contribution in [-0.2, 0) is 5.41 Å².